The highest BCUT2D eigenvalue weighted by molar-refractivity contribution is 9.12. The minimum Gasteiger partial charge on any atom is -0.626 e. The zero-order valence-electron chi connectivity index (χ0n) is 10.5. The van der Waals surface area contributed by atoms with E-state index in [0.717, 1.165) is 38.8 Å². The molecule has 1 aromatic heterocycles. The molecule has 0 saturated carbocycles. The molecule has 0 aromatic carbocycles. The lowest BCUT2D eigenvalue weighted by molar-refractivity contribution is -0.758. The van der Waals surface area contributed by atoms with Gasteiger partial charge in [0.2, 0.25) is 0 Å². The maximum absolute atomic E-state index is 12.1. The summed E-state index contributed by atoms with van der Waals surface area (Å²) in [5.74, 6) is -0.363. The first kappa shape index (κ1) is 16.3. The average Bonchev–Trinajstić information content (AvgIpc) is 2.58. The van der Waals surface area contributed by atoms with Crippen molar-refractivity contribution in [2.45, 2.75) is 39.5 Å². The van der Waals surface area contributed by atoms with Gasteiger partial charge in [0, 0.05) is 0 Å². The zero-order valence-corrected chi connectivity index (χ0v) is 14.5. The maximum Gasteiger partial charge on any atom is 0.346 e. The lowest BCUT2D eigenvalue weighted by Crippen LogP contribution is -3.10. The third-order valence-corrected chi connectivity index (χ3v) is 5.61. The van der Waals surface area contributed by atoms with Crippen LogP contribution in [0.5, 0.6) is 0 Å². The first-order chi connectivity index (χ1) is 8.49. The quantitative estimate of drug-likeness (QED) is 0.586. The van der Waals surface area contributed by atoms with E-state index < -0.39 is 0 Å². The summed E-state index contributed by atoms with van der Waals surface area (Å²) in [6.07, 6.45) is 4.07. The van der Waals surface area contributed by atoms with Gasteiger partial charge in [-0.15, -0.1) is 11.3 Å². The molecule has 1 amide bonds. The predicted octanol–water partition coefficient (Wildman–Crippen LogP) is 3.68. The zero-order chi connectivity index (χ0) is 13.7. The second-order valence-electron chi connectivity index (χ2n) is 4.21. The molecule has 0 saturated heterocycles. The lowest BCUT2D eigenvalue weighted by atomic mass is 10.2. The van der Waals surface area contributed by atoms with Gasteiger partial charge in [-0.05, 0) is 57.2 Å². The molecule has 1 N–H and O–H groups in total. The van der Waals surface area contributed by atoms with E-state index in [0.29, 0.717) is 12.1 Å². The van der Waals surface area contributed by atoms with Crippen LogP contribution in [0.2, 0.25) is 0 Å². The fourth-order valence-corrected chi connectivity index (χ4v) is 4.74. The van der Waals surface area contributed by atoms with E-state index in [1.54, 1.807) is 0 Å². The number of unbranched alkanes of at least 4 members (excludes halogenated alkanes) is 3. The number of nitrogens with one attached hydrogen (secondary N) is 1. The summed E-state index contributed by atoms with van der Waals surface area (Å²) >= 11 is 8.16. The Labute approximate surface area is 128 Å². The number of hydroxylamine groups is 2. The topological polar surface area (TPSA) is 44.6 Å². The minimum absolute atomic E-state index is 0.278. The Bertz CT molecular complexity index is 420. The van der Waals surface area contributed by atoms with Gasteiger partial charge in [0.25, 0.3) is 0 Å². The Hall–Kier alpha value is 0.250. The van der Waals surface area contributed by atoms with Crippen molar-refractivity contribution in [3.8, 4) is 0 Å². The van der Waals surface area contributed by atoms with Gasteiger partial charge >= 0.3 is 5.91 Å². The highest BCUT2D eigenvalue weighted by atomic mass is 79.9. The van der Waals surface area contributed by atoms with Crippen molar-refractivity contribution in [1.82, 2.24) is 0 Å². The molecule has 0 aliphatic heterocycles. The van der Waals surface area contributed by atoms with Gasteiger partial charge in [-0.25, -0.2) is 4.79 Å². The minimum atomic E-state index is -0.363. The smallest absolute Gasteiger partial charge is 0.346 e. The van der Waals surface area contributed by atoms with E-state index in [1.807, 2.05) is 6.92 Å². The van der Waals surface area contributed by atoms with Crippen molar-refractivity contribution < 1.29 is 9.86 Å². The molecule has 1 heterocycles. The Balaban J connectivity index is 2.63. The molecule has 18 heavy (non-hydrogen) atoms. The first-order valence-electron chi connectivity index (χ1n) is 6.01. The summed E-state index contributed by atoms with van der Waals surface area (Å²) in [5.41, 5.74) is 1.37. The van der Waals surface area contributed by atoms with Crippen LogP contribution in [0.25, 0.3) is 0 Å². The summed E-state index contributed by atoms with van der Waals surface area (Å²) in [4.78, 5) is 12.1. The molecule has 1 rings (SSSR count). The van der Waals surface area contributed by atoms with E-state index in [4.69, 9.17) is 0 Å². The van der Waals surface area contributed by atoms with Crippen LogP contribution in [0.4, 0.5) is 0 Å². The number of hydrogen-bond donors (Lipinski definition) is 1. The fourth-order valence-electron chi connectivity index (χ4n) is 1.68. The molecule has 0 aliphatic carbocycles. The van der Waals surface area contributed by atoms with E-state index in [2.05, 4.69) is 38.8 Å². The van der Waals surface area contributed by atoms with Crippen LogP contribution in [0.15, 0.2) is 7.57 Å². The first-order valence-corrected chi connectivity index (χ1v) is 8.41. The number of carbonyl (C=O) groups is 1. The van der Waals surface area contributed by atoms with Gasteiger partial charge < -0.3 is 10.3 Å². The normalized spacial score (nSPS) is 12.7. The average molecular weight is 399 g/mol. The molecule has 0 spiro atoms. The third kappa shape index (κ3) is 4.13. The predicted molar refractivity (Wildman–Crippen MR) is 82.1 cm³/mol. The van der Waals surface area contributed by atoms with Crippen molar-refractivity contribution in [1.29, 1.82) is 0 Å². The molecule has 6 heteroatoms. The fraction of sp³-hybridized carbons (Fsp3) is 0.583. The van der Waals surface area contributed by atoms with Crippen LogP contribution in [0.3, 0.4) is 0 Å². The molecule has 1 aromatic rings. The number of thiophene rings is 1. The number of hydrogen-bond acceptors (Lipinski definition) is 3. The van der Waals surface area contributed by atoms with Gasteiger partial charge in [-0.1, -0.05) is 19.8 Å². The SMILES string of the molecule is CCCCCC[NH+]([O-])C(=O)c1c(Br)sc(Br)c1C. The highest BCUT2D eigenvalue weighted by Crippen LogP contribution is 2.35. The summed E-state index contributed by atoms with van der Waals surface area (Å²) in [6.45, 7) is 4.33. The summed E-state index contributed by atoms with van der Waals surface area (Å²) in [7, 11) is 0. The molecular formula is C12H17Br2NO2S. The number of quaternary nitrogens is 1. The van der Waals surface area contributed by atoms with Crippen LogP contribution in [0.1, 0.15) is 48.5 Å². The standard InChI is InChI=1S/C12H17Br2NO2S/c1-3-4-5-6-7-15(17)12(16)9-8(2)10(13)18-11(9)14/h15H,3-7H2,1-2H3. The van der Waals surface area contributed by atoms with Crippen molar-refractivity contribution in [2.24, 2.45) is 0 Å². The number of carbonyl (C=O) groups excluding carboxylic acids is 1. The highest BCUT2D eigenvalue weighted by Gasteiger charge is 2.23. The van der Waals surface area contributed by atoms with Crippen LogP contribution in [0, 0.1) is 12.1 Å². The van der Waals surface area contributed by atoms with Gasteiger partial charge in [0.05, 0.1) is 14.1 Å². The van der Waals surface area contributed by atoms with E-state index >= 15 is 0 Å². The molecule has 102 valence electrons. The molecule has 0 fully saturated rings. The van der Waals surface area contributed by atoms with Gasteiger partial charge in [-0.2, -0.15) is 0 Å². The van der Waals surface area contributed by atoms with E-state index in [1.165, 1.54) is 11.3 Å². The summed E-state index contributed by atoms with van der Waals surface area (Å²) < 4.78 is 1.63. The number of halogens is 2. The number of rotatable bonds is 6. The largest absolute Gasteiger partial charge is 0.626 e. The third-order valence-electron chi connectivity index (χ3n) is 2.78. The van der Waals surface area contributed by atoms with Crippen molar-refractivity contribution in [3.63, 3.8) is 0 Å². The summed E-state index contributed by atoms with van der Waals surface area (Å²) in [6, 6.07) is 0. The van der Waals surface area contributed by atoms with Crippen LogP contribution in [-0.4, -0.2) is 12.5 Å². The van der Waals surface area contributed by atoms with E-state index in [-0.39, 0.29) is 11.0 Å². The van der Waals surface area contributed by atoms with Crippen LogP contribution in [-0.2, 0) is 0 Å². The van der Waals surface area contributed by atoms with E-state index in [9.17, 15) is 10.0 Å². The Kier molecular flexibility index (Phi) is 7.02. The Morgan fingerprint density at radius 2 is 1.94 bits per heavy atom. The molecule has 0 bridgehead atoms. The van der Waals surface area contributed by atoms with Crippen molar-refractivity contribution >= 4 is 49.1 Å². The molecule has 0 aliphatic rings. The molecule has 1 unspecified atom stereocenters. The van der Waals surface area contributed by atoms with Gasteiger partial charge in [0.1, 0.15) is 5.56 Å². The van der Waals surface area contributed by atoms with Crippen molar-refractivity contribution in [2.75, 3.05) is 6.54 Å². The van der Waals surface area contributed by atoms with Gasteiger partial charge in [0.15, 0.2) is 0 Å². The molecule has 1 atom stereocenters. The Morgan fingerprint density at radius 3 is 2.44 bits per heavy atom. The second kappa shape index (κ2) is 7.75. The molecule has 3 nitrogen and oxygen atoms in total. The van der Waals surface area contributed by atoms with Crippen LogP contribution >= 0.6 is 43.2 Å². The maximum atomic E-state index is 12.1. The molecule has 0 radical (unpaired) electrons. The van der Waals surface area contributed by atoms with Gasteiger partial charge in [-0.3, -0.25) is 0 Å². The van der Waals surface area contributed by atoms with Crippen molar-refractivity contribution in [3.05, 3.63) is 23.9 Å². The Morgan fingerprint density at radius 1 is 1.28 bits per heavy atom. The summed E-state index contributed by atoms with van der Waals surface area (Å²) in [5, 5.41) is 11.6. The van der Waals surface area contributed by atoms with Crippen LogP contribution < -0.4 is 5.06 Å². The monoisotopic (exact) mass is 397 g/mol. The molecular weight excluding hydrogens is 382 g/mol. The number of amides is 1. The second-order valence-corrected chi connectivity index (χ2v) is 7.87. The lowest BCUT2D eigenvalue weighted by Gasteiger charge is -2.19.